The van der Waals surface area contributed by atoms with Gasteiger partial charge in [0.25, 0.3) is 0 Å². The largest absolute Gasteiger partial charge is 0.494 e. The summed E-state index contributed by atoms with van der Waals surface area (Å²) in [6.07, 6.45) is 3.57. The van der Waals surface area contributed by atoms with Crippen LogP contribution in [0.25, 0.3) is 10.9 Å². The van der Waals surface area contributed by atoms with Crippen LogP contribution in [0, 0.1) is 0 Å². The van der Waals surface area contributed by atoms with Crippen LogP contribution >= 0.6 is 12.4 Å². The first-order chi connectivity index (χ1) is 10.1. The molecule has 22 heavy (non-hydrogen) atoms. The summed E-state index contributed by atoms with van der Waals surface area (Å²) < 4.78 is 0. The fourth-order valence-electron chi connectivity index (χ4n) is 2.13. The second-order valence-corrected chi connectivity index (χ2v) is 4.91. The van der Waals surface area contributed by atoms with Crippen molar-refractivity contribution in [3.8, 4) is 5.88 Å². The Labute approximate surface area is 134 Å². The van der Waals surface area contributed by atoms with Crippen molar-refractivity contribution in [1.29, 1.82) is 0 Å². The number of aromatic hydroxyl groups is 1. The first-order valence-corrected chi connectivity index (χ1v) is 6.87. The molecule has 1 aromatic carbocycles. The van der Waals surface area contributed by atoms with Crippen molar-refractivity contribution in [2.24, 2.45) is 10.7 Å². The zero-order chi connectivity index (χ0) is 15.2. The summed E-state index contributed by atoms with van der Waals surface area (Å²) in [5, 5.41) is 19.4. The molecule has 2 aromatic rings. The van der Waals surface area contributed by atoms with E-state index in [1.54, 1.807) is 6.21 Å². The maximum atomic E-state index is 10.6. The van der Waals surface area contributed by atoms with Crippen LogP contribution in [0.3, 0.4) is 0 Å². The number of aromatic amines is 1. The summed E-state index contributed by atoms with van der Waals surface area (Å²) in [5.74, 6) is -0.866. The van der Waals surface area contributed by atoms with E-state index in [4.69, 9.17) is 10.8 Å². The number of hydrogen-bond donors (Lipinski definition) is 4. The zero-order valence-electron chi connectivity index (χ0n) is 12.0. The second kappa shape index (κ2) is 8.41. The number of aliphatic carboxylic acids is 1. The number of benzene rings is 1. The minimum atomic E-state index is -0.970. The molecule has 120 valence electrons. The monoisotopic (exact) mass is 325 g/mol. The smallest absolute Gasteiger partial charge is 0.320 e. The molecule has 5 N–H and O–H groups in total. The van der Waals surface area contributed by atoms with Gasteiger partial charge in [0.05, 0.1) is 5.56 Å². The SMILES string of the molecule is Cl.N[C@@H](CCCCN=Cc1c(O)[nH]c2ccccc12)C(=O)O. The quantitative estimate of drug-likeness (QED) is 0.462. The number of halogens is 1. The van der Waals surface area contributed by atoms with Gasteiger partial charge in [-0.25, -0.2) is 0 Å². The molecule has 2 rings (SSSR count). The third-order valence-electron chi connectivity index (χ3n) is 3.32. The Hall–Kier alpha value is -2.05. The van der Waals surface area contributed by atoms with Gasteiger partial charge >= 0.3 is 5.97 Å². The number of aromatic nitrogens is 1. The van der Waals surface area contributed by atoms with Gasteiger partial charge in [0.15, 0.2) is 5.88 Å². The molecule has 1 heterocycles. The first-order valence-electron chi connectivity index (χ1n) is 6.87. The van der Waals surface area contributed by atoms with E-state index in [9.17, 15) is 9.90 Å². The van der Waals surface area contributed by atoms with Gasteiger partial charge < -0.3 is 20.9 Å². The molecule has 0 aliphatic heterocycles. The molecule has 0 unspecified atom stereocenters. The lowest BCUT2D eigenvalue weighted by atomic mass is 10.1. The van der Waals surface area contributed by atoms with Crippen LogP contribution in [0.1, 0.15) is 24.8 Å². The highest BCUT2D eigenvalue weighted by atomic mass is 35.5. The van der Waals surface area contributed by atoms with Gasteiger partial charge in [0, 0.05) is 23.7 Å². The Morgan fingerprint density at radius 3 is 2.82 bits per heavy atom. The summed E-state index contributed by atoms with van der Waals surface area (Å²) >= 11 is 0. The molecule has 0 fully saturated rings. The maximum absolute atomic E-state index is 10.6. The summed E-state index contributed by atoms with van der Waals surface area (Å²) in [5.41, 5.74) is 6.95. The number of carboxylic acids is 1. The van der Waals surface area contributed by atoms with Gasteiger partial charge in [-0.05, 0) is 25.3 Å². The zero-order valence-corrected chi connectivity index (χ0v) is 12.8. The Morgan fingerprint density at radius 2 is 2.09 bits per heavy atom. The molecule has 0 bridgehead atoms. The van der Waals surface area contributed by atoms with Crippen molar-refractivity contribution in [3.05, 3.63) is 29.8 Å². The fourth-order valence-corrected chi connectivity index (χ4v) is 2.13. The van der Waals surface area contributed by atoms with Crippen LogP contribution in [-0.4, -0.2) is 40.0 Å². The number of nitrogens with zero attached hydrogens (tertiary/aromatic N) is 1. The Balaban J connectivity index is 0.00000242. The summed E-state index contributed by atoms with van der Waals surface area (Å²) in [4.78, 5) is 17.7. The van der Waals surface area contributed by atoms with Crippen molar-refractivity contribution < 1.29 is 15.0 Å². The van der Waals surface area contributed by atoms with Crippen LogP contribution in [0.5, 0.6) is 5.88 Å². The van der Waals surface area contributed by atoms with E-state index < -0.39 is 12.0 Å². The number of fused-ring (bicyclic) bond motifs is 1. The number of unbranched alkanes of at least 4 members (excludes halogenated alkanes) is 1. The highest BCUT2D eigenvalue weighted by Crippen LogP contribution is 2.25. The van der Waals surface area contributed by atoms with Crippen LogP contribution in [0.4, 0.5) is 0 Å². The van der Waals surface area contributed by atoms with Gasteiger partial charge in [-0.2, -0.15) is 0 Å². The molecule has 7 heteroatoms. The highest BCUT2D eigenvalue weighted by molar-refractivity contribution is 6.01. The second-order valence-electron chi connectivity index (χ2n) is 4.91. The summed E-state index contributed by atoms with van der Waals surface area (Å²) in [6, 6.07) is 6.80. The predicted octanol–water partition coefficient (Wildman–Crippen LogP) is 2.30. The molecule has 0 saturated carbocycles. The minimum Gasteiger partial charge on any atom is -0.494 e. The van der Waals surface area contributed by atoms with Crippen molar-refractivity contribution in [2.75, 3.05) is 6.54 Å². The van der Waals surface area contributed by atoms with E-state index in [0.717, 1.165) is 17.3 Å². The molecule has 0 aliphatic carbocycles. The number of H-pyrrole nitrogens is 1. The predicted molar refractivity (Wildman–Crippen MR) is 89.1 cm³/mol. The van der Waals surface area contributed by atoms with Crippen molar-refractivity contribution in [3.63, 3.8) is 0 Å². The van der Waals surface area contributed by atoms with Crippen molar-refractivity contribution in [2.45, 2.75) is 25.3 Å². The third kappa shape index (κ3) is 4.47. The Bertz CT molecular complexity index is 655. The van der Waals surface area contributed by atoms with E-state index in [-0.39, 0.29) is 18.3 Å². The van der Waals surface area contributed by atoms with Crippen LogP contribution in [0.2, 0.25) is 0 Å². The number of hydrogen-bond acceptors (Lipinski definition) is 4. The van der Waals surface area contributed by atoms with Crippen LogP contribution in [0.15, 0.2) is 29.3 Å². The van der Waals surface area contributed by atoms with E-state index in [2.05, 4.69) is 9.98 Å². The average molecular weight is 326 g/mol. The minimum absolute atomic E-state index is 0. The number of carbonyl (C=O) groups is 1. The number of aliphatic imine (C=N–C) groups is 1. The van der Waals surface area contributed by atoms with Crippen LogP contribution < -0.4 is 5.73 Å². The summed E-state index contributed by atoms with van der Waals surface area (Å²) in [7, 11) is 0. The summed E-state index contributed by atoms with van der Waals surface area (Å²) in [6.45, 7) is 0.575. The first kappa shape index (κ1) is 18.0. The molecule has 0 spiro atoms. The molecular formula is C15H20ClN3O3. The van der Waals surface area contributed by atoms with E-state index in [0.29, 0.717) is 24.9 Å². The third-order valence-corrected chi connectivity index (χ3v) is 3.32. The molecule has 6 nitrogen and oxygen atoms in total. The lowest BCUT2D eigenvalue weighted by Crippen LogP contribution is -2.29. The number of nitrogens with one attached hydrogen (secondary N) is 1. The van der Waals surface area contributed by atoms with Crippen molar-refractivity contribution in [1.82, 2.24) is 4.98 Å². The molecule has 1 aromatic heterocycles. The topological polar surface area (TPSA) is 112 Å². The Kier molecular flexibility index (Phi) is 6.88. The molecule has 1 atom stereocenters. The van der Waals surface area contributed by atoms with Gasteiger partial charge in [0.1, 0.15) is 6.04 Å². The fraction of sp³-hybridized carbons (Fsp3) is 0.333. The number of nitrogens with two attached hydrogens (primary N) is 1. The highest BCUT2D eigenvalue weighted by Gasteiger charge is 2.10. The number of para-hydroxylation sites is 1. The molecule has 0 amide bonds. The Morgan fingerprint density at radius 1 is 1.36 bits per heavy atom. The van der Waals surface area contributed by atoms with E-state index in [1.165, 1.54) is 0 Å². The molecule has 0 saturated heterocycles. The lowest BCUT2D eigenvalue weighted by Gasteiger charge is -2.04. The lowest BCUT2D eigenvalue weighted by molar-refractivity contribution is -0.138. The van der Waals surface area contributed by atoms with Gasteiger partial charge in [-0.15, -0.1) is 12.4 Å². The average Bonchev–Trinajstić information content (AvgIpc) is 2.78. The van der Waals surface area contributed by atoms with Gasteiger partial charge in [-0.3, -0.25) is 9.79 Å². The molecule has 0 radical (unpaired) electrons. The number of carboxylic acid groups (broad SMARTS) is 1. The van der Waals surface area contributed by atoms with Crippen LogP contribution in [-0.2, 0) is 4.79 Å². The van der Waals surface area contributed by atoms with E-state index >= 15 is 0 Å². The molecular weight excluding hydrogens is 306 g/mol. The standard InChI is InChI=1S/C15H19N3O3.ClH/c16-12(15(20)21)6-3-4-8-17-9-11-10-5-1-2-7-13(10)18-14(11)19;/h1-2,5,7,9,12,18-19H,3-4,6,8,16H2,(H,20,21);1H/t12-;/m0./s1. The van der Waals surface area contributed by atoms with Gasteiger partial charge in [-0.1, -0.05) is 18.2 Å². The van der Waals surface area contributed by atoms with Crippen molar-refractivity contribution >= 4 is 35.5 Å². The van der Waals surface area contributed by atoms with E-state index in [1.807, 2.05) is 24.3 Å². The normalized spacial score (nSPS) is 12.4. The number of rotatable bonds is 7. The maximum Gasteiger partial charge on any atom is 0.320 e. The van der Waals surface area contributed by atoms with Gasteiger partial charge in [0.2, 0.25) is 0 Å². The molecule has 0 aliphatic rings.